The van der Waals surface area contributed by atoms with Crippen molar-refractivity contribution in [3.05, 3.63) is 34.2 Å². The normalized spacial score (nSPS) is 21.6. The summed E-state index contributed by atoms with van der Waals surface area (Å²) in [5.41, 5.74) is 1.21. The van der Waals surface area contributed by atoms with Gasteiger partial charge in [0.15, 0.2) is 0 Å². The van der Waals surface area contributed by atoms with Crippen LogP contribution in [0.25, 0.3) is 0 Å². The van der Waals surface area contributed by atoms with E-state index in [1.807, 2.05) is 24.1 Å². The summed E-state index contributed by atoms with van der Waals surface area (Å²) >= 11 is 0. The molecule has 1 atom stereocenters. The van der Waals surface area contributed by atoms with Crippen molar-refractivity contribution in [3.63, 3.8) is 0 Å². The molecule has 140 valence electrons. The maximum absolute atomic E-state index is 12.6. The van der Waals surface area contributed by atoms with E-state index < -0.39 is 0 Å². The minimum atomic E-state index is 0. The fourth-order valence-corrected chi connectivity index (χ4v) is 3.63. The lowest BCUT2D eigenvalue weighted by atomic mass is 9.98. The van der Waals surface area contributed by atoms with Gasteiger partial charge in [0.05, 0.1) is 5.92 Å². The first-order valence-corrected chi connectivity index (χ1v) is 9.08. The third-order valence-corrected chi connectivity index (χ3v) is 5.12. The highest BCUT2D eigenvalue weighted by atomic mass is 35.5. The van der Waals surface area contributed by atoms with Gasteiger partial charge in [-0.15, -0.1) is 12.4 Å². The quantitative estimate of drug-likeness (QED) is 0.859. The predicted octanol–water partition coefficient (Wildman–Crippen LogP) is 0.934. The van der Waals surface area contributed by atoms with Crippen LogP contribution in [0.5, 0.6) is 0 Å². The van der Waals surface area contributed by atoms with Crippen LogP contribution < -0.4 is 10.9 Å². The van der Waals surface area contributed by atoms with Crippen molar-refractivity contribution in [1.29, 1.82) is 0 Å². The topological polar surface area (TPSA) is 57.6 Å². The van der Waals surface area contributed by atoms with E-state index in [9.17, 15) is 9.59 Å². The third-order valence-electron chi connectivity index (χ3n) is 5.12. The Morgan fingerprint density at radius 3 is 2.64 bits per heavy atom. The van der Waals surface area contributed by atoms with Crippen molar-refractivity contribution in [1.82, 2.24) is 19.7 Å². The van der Waals surface area contributed by atoms with Crippen LogP contribution in [0.15, 0.2) is 23.1 Å². The Balaban J connectivity index is 0.00000225. The molecule has 3 heterocycles. The summed E-state index contributed by atoms with van der Waals surface area (Å²) in [6.45, 7) is 8.81. The van der Waals surface area contributed by atoms with Crippen molar-refractivity contribution < 1.29 is 4.79 Å². The zero-order valence-electron chi connectivity index (χ0n) is 14.9. The molecule has 6 nitrogen and oxygen atoms in total. The van der Waals surface area contributed by atoms with E-state index in [0.29, 0.717) is 12.5 Å². The van der Waals surface area contributed by atoms with E-state index >= 15 is 0 Å². The molecule has 1 N–H and O–H groups in total. The van der Waals surface area contributed by atoms with E-state index in [2.05, 4.69) is 10.2 Å². The number of piperazine rings is 1. The molecule has 1 unspecified atom stereocenters. The number of pyridine rings is 1. The standard InChI is InChI=1S/C18H28N4O2.ClH/c1-2-21-14-15(5-6-17(21)23)13-20-8-10-22(11-9-20)18(24)16-4-3-7-19-12-16;/h5-6,14,16,19H,2-4,7-13H2,1H3;1H. The molecule has 3 rings (SSSR count). The Bertz CT molecular complexity index is 620. The molecule has 0 aliphatic carbocycles. The van der Waals surface area contributed by atoms with Gasteiger partial charge in [0.25, 0.3) is 5.56 Å². The summed E-state index contributed by atoms with van der Waals surface area (Å²) in [6, 6.07) is 3.56. The Kier molecular flexibility index (Phi) is 7.47. The molecule has 0 bridgehead atoms. The van der Waals surface area contributed by atoms with Crippen molar-refractivity contribution in [3.8, 4) is 0 Å². The number of piperidine rings is 1. The second-order valence-corrected chi connectivity index (χ2v) is 6.81. The van der Waals surface area contributed by atoms with Crippen LogP contribution in [0.4, 0.5) is 0 Å². The highest BCUT2D eigenvalue weighted by Crippen LogP contribution is 2.15. The first kappa shape index (κ1) is 19.9. The van der Waals surface area contributed by atoms with E-state index in [1.54, 1.807) is 10.6 Å². The maximum Gasteiger partial charge on any atom is 0.250 e. The number of halogens is 1. The van der Waals surface area contributed by atoms with Gasteiger partial charge in [-0.3, -0.25) is 14.5 Å². The summed E-state index contributed by atoms with van der Waals surface area (Å²) < 4.78 is 1.74. The number of nitrogens with one attached hydrogen (secondary N) is 1. The molecule has 0 spiro atoms. The van der Waals surface area contributed by atoms with E-state index in [0.717, 1.165) is 64.2 Å². The number of hydrogen-bond donors (Lipinski definition) is 1. The van der Waals surface area contributed by atoms with Crippen LogP contribution in [0, 0.1) is 5.92 Å². The Labute approximate surface area is 155 Å². The summed E-state index contributed by atoms with van der Waals surface area (Å²) in [4.78, 5) is 28.6. The second-order valence-electron chi connectivity index (χ2n) is 6.81. The van der Waals surface area contributed by atoms with Gasteiger partial charge in [-0.05, 0) is 31.9 Å². The Morgan fingerprint density at radius 1 is 1.24 bits per heavy atom. The van der Waals surface area contributed by atoms with Gasteiger partial charge in [-0.1, -0.05) is 6.07 Å². The van der Waals surface area contributed by atoms with E-state index in [1.165, 1.54) is 0 Å². The minimum absolute atomic E-state index is 0. The maximum atomic E-state index is 12.6. The number of aryl methyl sites for hydroxylation is 1. The lowest BCUT2D eigenvalue weighted by Gasteiger charge is -2.37. The molecule has 1 aromatic rings. The number of aromatic nitrogens is 1. The molecule has 2 fully saturated rings. The molecular formula is C18H29ClN4O2. The second kappa shape index (κ2) is 9.36. The average molecular weight is 369 g/mol. The zero-order valence-corrected chi connectivity index (χ0v) is 15.8. The van der Waals surface area contributed by atoms with Crippen LogP contribution in [-0.4, -0.2) is 59.5 Å². The van der Waals surface area contributed by atoms with Gasteiger partial charge in [0, 0.05) is 58.1 Å². The van der Waals surface area contributed by atoms with Crippen molar-refractivity contribution in [2.24, 2.45) is 5.92 Å². The van der Waals surface area contributed by atoms with Crippen LogP contribution >= 0.6 is 12.4 Å². The Hall–Kier alpha value is -1.37. The molecule has 7 heteroatoms. The van der Waals surface area contributed by atoms with Gasteiger partial charge in [-0.2, -0.15) is 0 Å². The van der Waals surface area contributed by atoms with E-state index in [-0.39, 0.29) is 23.9 Å². The van der Waals surface area contributed by atoms with Crippen LogP contribution in [0.2, 0.25) is 0 Å². The largest absolute Gasteiger partial charge is 0.340 e. The van der Waals surface area contributed by atoms with Gasteiger partial charge < -0.3 is 14.8 Å². The summed E-state index contributed by atoms with van der Waals surface area (Å²) in [6.07, 6.45) is 4.07. The Morgan fingerprint density at radius 2 is 2.00 bits per heavy atom. The van der Waals surface area contributed by atoms with Gasteiger partial charge in [0.2, 0.25) is 5.91 Å². The lowest BCUT2D eigenvalue weighted by molar-refractivity contribution is -0.137. The molecule has 0 aromatic carbocycles. The SMILES string of the molecule is CCn1cc(CN2CCN(C(=O)C3CCCNC3)CC2)ccc1=O.Cl. The number of carbonyl (C=O) groups is 1. The van der Waals surface area contributed by atoms with Gasteiger partial charge >= 0.3 is 0 Å². The number of nitrogens with zero attached hydrogens (tertiary/aromatic N) is 3. The fraction of sp³-hybridized carbons (Fsp3) is 0.667. The first-order chi connectivity index (χ1) is 11.7. The van der Waals surface area contributed by atoms with Crippen LogP contribution in [0.1, 0.15) is 25.3 Å². The molecule has 2 saturated heterocycles. The molecule has 25 heavy (non-hydrogen) atoms. The number of amides is 1. The number of rotatable bonds is 4. The first-order valence-electron chi connectivity index (χ1n) is 9.08. The van der Waals surface area contributed by atoms with Gasteiger partial charge in [-0.25, -0.2) is 0 Å². The van der Waals surface area contributed by atoms with Crippen LogP contribution in [0.3, 0.4) is 0 Å². The smallest absolute Gasteiger partial charge is 0.250 e. The zero-order chi connectivity index (χ0) is 16.9. The van der Waals surface area contributed by atoms with Gasteiger partial charge in [0.1, 0.15) is 0 Å². The minimum Gasteiger partial charge on any atom is -0.340 e. The van der Waals surface area contributed by atoms with Crippen molar-refractivity contribution in [2.75, 3.05) is 39.3 Å². The molecule has 2 aliphatic heterocycles. The molecule has 1 aromatic heterocycles. The summed E-state index contributed by atoms with van der Waals surface area (Å²) in [7, 11) is 0. The summed E-state index contributed by atoms with van der Waals surface area (Å²) in [5.74, 6) is 0.486. The number of carbonyl (C=O) groups excluding carboxylic acids is 1. The predicted molar refractivity (Wildman–Crippen MR) is 101 cm³/mol. The molecule has 1 amide bonds. The molecule has 2 aliphatic rings. The number of hydrogen-bond acceptors (Lipinski definition) is 4. The summed E-state index contributed by atoms with van der Waals surface area (Å²) in [5, 5.41) is 3.33. The van der Waals surface area contributed by atoms with Crippen LogP contribution in [-0.2, 0) is 17.9 Å². The molecule has 0 radical (unpaired) electrons. The fourth-order valence-electron chi connectivity index (χ4n) is 3.63. The lowest BCUT2D eigenvalue weighted by Crippen LogP contribution is -2.51. The highest BCUT2D eigenvalue weighted by molar-refractivity contribution is 5.85. The monoisotopic (exact) mass is 368 g/mol. The van der Waals surface area contributed by atoms with E-state index in [4.69, 9.17) is 0 Å². The average Bonchev–Trinajstić information content (AvgIpc) is 2.64. The molecule has 0 saturated carbocycles. The third kappa shape index (κ3) is 5.06. The van der Waals surface area contributed by atoms with Crippen molar-refractivity contribution >= 4 is 18.3 Å². The van der Waals surface area contributed by atoms with Crippen molar-refractivity contribution in [2.45, 2.75) is 32.9 Å². The molecular weight excluding hydrogens is 340 g/mol. The highest BCUT2D eigenvalue weighted by Gasteiger charge is 2.28.